The normalized spacial score (nSPS) is 10.6. The lowest BCUT2D eigenvalue weighted by Gasteiger charge is -2.11. The predicted octanol–water partition coefficient (Wildman–Crippen LogP) is 4.91. The molecule has 0 unspecified atom stereocenters. The van der Waals surface area contributed by atoms with E-state index in [1.165, 1.54) is 11.3 Å². The highest BCUT2D eigenvalue weighted by Gasteiger charge is 2.21. The fourth-order valence-corrected chi connectivity index (χ4v) is 3.47. The van der Waals surface area contributed by atoms with Gasteiger partial charge < -0.3 is 4.74 Å². The number of hydrogen-bond donors (Lipinski definition) is 0. The number of halogens is 2. The van der Waals surface area contributed by atoms with E-state index in [1.54, 1.807) is 13.2 Å². The van der Waals surface area contributed by atoms with Crippen molar-refractivity contribution < 1.29 is 9.53 Å². The molecule has 0 atom stereocenters. The quantitative estimate of drug-likeness (QED) is 0.752. The van der Waals surface area contributed by atoms with Gasteiger partial charge in [0.15, 0.2) is 5.78 Å². The Morgan fingerprint density at radius 1 is 1.21 bits per heavy atom. The highest BCUT2D eigenvalue weighted by molar-refractivity contribution is 7.20. The van der Waals surface area contributed by atoms with E-state index in [4.69, 9.17) is 27.9 Å². The third-order valence-electron chi connectivity index (χ3n) is 2.79. The van der Waals surface area contributed by atoms with Crippen LogP contribution in [0.3, 0.4) is 0 Å². The topological polar surface area (TPSA) is 26.3 Å². The standard InChI is InChI=1S/C14H12Cl2O2S/c1-7-4-8(2)12(10(5-7)18-3)13(17)9-6-11(15)19-14(9)16/h4-6H,1-3H3. The molecule has 0 aliphatic heterocycles. The maximum absolute atomic E-state index is 12.6. The number of carbonyl (C=O) groups is 1. The molecule has 0 radical (unpaired) electrons. The Morgan fingerprint density at radius 2 is 1.89 bits per heavy atom. The molecule has 1 aromatic carbocycles. The maximum Gasteiger partial charge on any atom is 0.199 e. The van der Waals surface area contributed by atoms with Gasteiger partial charge >= 0.3 is 0 Å². The van der Waals surface area contributed by atoms with Crippen molar-refractivity contribution in [3.63, 3.8) is 0 Å². The molecular weight excluding hydrogens is 303 g/mol. The summed E-state index contributed by atoms with van der Waals surface area (Å²) in [5, 5.41) is 0. The first-order valence-electron chi connectivity index (χ1n) is 5.58. The van der Waals surface area contributed by atoms with Crippen molar-refractivity contribution in [2.24, 2.45) is 0 Å². The van der Waals surface area contributed by atoms with Gasteiger partial charge in [0.25, 0.3) is 0 Å². The van der Waals surface area contributed by atoms with E-state index in [1.807, 2.05) is 26.0 Å². The summed E-state index contributed by atoms with van der Waals surface area (Å²) in [5.74, 6) is 0.392. The first-order chi connectivity index (χ1) is 8.93. The van der Waals surface area contributed by atoms with Crippen LogP contribution in [-0.2, 0) is 0 Å². The number of rotatable bonds is 3. The zero-order valence-electron chi connectivity index (χ0n) is 10.7. The number of carbonyl (C=O) groups excluding carboxylic acids is 1. The summed E-state index contributed by atoms with van der Waals surface area (Å²) < 4.78 is 6.20. The van der Waals surface area contributed by atoms with Crippen LogP contribution >= 0.6 is 34.5 Å². The summed E-state index contributed by atoms with van der Waals surface area (Å²) in [5.41, 5.74) is 2.85. The molecule has 0 spiro atoms. The van der Waals surface area contributed by atoms with E-state index in [-0.39, 0.29) is 5.78 Å². The summed E-state index contributed by atoms with van der Waals surface area (Å²) in [7, 11) is 1.55. The maximum atomic E-state index is 12.6. The van der Waals surface area contributed by atoms with Crippen LogP contribution in [0, 0.1) is 13.8 Å². The molecule has 2 rings (SSSR count). The number of hydrogen-bond acceptors (Lipinski definition) is 3. The fourth-order valence-electron chi connectivity index (χ4n) is 2.01. The summed E-state index contributed by atoms with van der Waals surface area (Å²) in [6.07, 6.45) is 0. The highest BCUT2D eigenvalue weighted by Crippen LogP contribution is 2.35. The highest BCUT2D eigenvalue weighted by atomic mass is 35.5. The minimum atomic E-state index is -0.164. The molecule has 0 bridgehead atoms. The molecule has 0 aliphatic rings. The molecule has 5 heteroatoms. The van der Waals surface area contributed by atoms with Gasteiger partial charge in [0.05, 0.1) is 22.6 Å². The van der Waals surface area contributed by atoms with Crippen molar-refractivity contribution in [1.29, 1.82) is 0 Å². The summed E-state index contributed by atoms with van der Waals surface area (Å²) >= 11 is 13.1. The molecule has 2 aromatic rings. The van der Waals surface area contributed by atoms with Crippen molar-refractivity contribution in [3.05, 3.63) is 49.1 Å². The van der Waals surface area contributed by atoms with Gasteiger partial charge in [-0.3, -0.25) is 4.79 Å². The zero-order valence-corrected chi connectivity index (χ0v) is 13.0. The number of ether oxygens (including phenoxy) is 1. The van der Waals surface area contributed by atoms with Crippen LogP contribution in [0.25, 0.3) is 0 Å². The molecule has 0 amide bonds. The average Bonchev–Trinajstić information content (AvgIpc) is 2.66. The third kappa shape index (κ3) is 2.78. The third-order valence-corrected chi connectivity index (χ3v) is 4.28. The Hall–Kier alpha value is -1.03. The molecular formula is C14H12Cl2O2S. The average molecular weight is 315 g/mol. The second-order valence-electron chi connectivity index (χ2n) is 4.23. The van der Waals surface area contributed by atoms with Gasteiger partial charge in [0.1, 0.15) is 10.1 Å². The molecule has 0 fully saturated rings. The van der Waals surface area contributed by atoms with E-state index >= 15 is 0 Å². The van der Waals surface area contributed by atoms with Crippen LogP contribution in [0.4, 0.5) is 0 Å². The van der Waals surface area contributed by atoms with Crippen LogP contribution in [0.15, 0.2) is 18.2 Å². The summed E-state index contributed by atoms with van der Waals surface area (Å²) in [6.45, 7) is 3.84. The van der Waals surface area contributed by atoms with Gasteiger partial charge in [-0.25, -0.2) is 0 Å². The molecule has 1 heterocycles. The van der Waals surface area contributed by atoms with Gasteiger partial charge in [-0.15, -0.1) is 11.3 Å². The molecule has 0 aliphatic carbocycles. The second kappa shape index (κ2) is 5.53. The smallest absolute Gasteiger partial charge is 0.199 e. The van der Waals surface area contributed by atoms with E-state index in [0.29, 0.717) is 25.5 Å². The summed E-state index contributed by atoms with van der Waals surface area (Å²) in [6, 6.07) is 5.37. The van der Waals surface area contributed by atoms with E-state index in [0.717, 1.165) is 11.1 Å². The zero-order chi connectivity index (χ0) is 14.2. The minimum Gasteiger partial charge on any atom is -0.496 e. The van der Waals surface area contributed by atoms with Gasteiger partial charge in [0.2, 0.25) is 0 Å². The molecule has 0 N–H and O–H groups in total. The Kier molecular flexibility index (Phi) is 4.19. The van der Waals surface area contributed by atoms with Gasteiger partial charge in [0, 0.05) is 0 Å². The van der Waals surface area contributed by atoms with Crippen molar-refractivity contribution >= 4 is 40.3 Å². The lowest BCUT2D eigenvalue weighted by molar-refractivity contribution is 0.103. The Bertz CT molecular complexity index is 647. The van der Waals surface area contributed by atoms with E-state index in [9.17, 15) is 4.79 Å². The first-order valence-corrected chi connectivity index (χ1v) is 7.16. The van der Waals surface area contributed by atoms with Crippen LogP contribution in [-0.4, -0.2) is 12.9 Å². The SMILES string of the molecule is COc1cc(C)cc(C)c1C(=O)c1cc(Cl)sc1Cl. The number of benzene rings is 1. The summed E-state index contributed by atoms with van der Waals surface area (Å²) in [4.78, 5) is 12.6. The van der Waals surface area contributed by atoms with Gasteiger partial charge in [-0.05, 0) is 37.1 Å². The molecule has 0 saturated carbocycles. The molecule has 19 heavy (non-hydrogen) atoms. The van der Waals surface area contributed by atoms with Crippen molar-refractivity contribution in [3.8, 4) is 5.75 Å². The molecule has 1 aromatic heterocycles. The Labute approximate surface area is 125 Å². The van der Waals surface area contributed by atoms with E-state index < -0.39 is 0 Å². The minimum absolute atomic E-state index is 0.164. The molecule has 0 saturated heterocycles. The largest absolute Gasteiger partial charge is 0.496 e. The van der Waals surface area contributed by atoms with Crippen LogP contribution < -0.4 is 4.74 Å². The van der Waals surface area contributed by atoms with Crippen LogP contribution in [0.2, 0.25) is 8.67 Å². The molecule has 100 valence electrons. The predicted molar refractivity (Wildman–Crippen MR) is 80.2 cm³/mol. The van der Waals surface area contributed by atoms with Gasteiger partial charge in [-0.1, -0.05) is 29.3 Å². The second-order valence-corrected chi connectivity index (χ2v) is 6.51. The van der Waals surface area contributed by atoms with E-state index in [2.05, 4.69) is 0 Å². The molecule has 2 nitrogen and oxygen atoms in total. The number of methoxy groups -OCH3 is 1. The van der Waals surface area contributed by atoms with Gasteiger partial charge in [-0.2, -0.15) is 0 Å². The number of aryl methyl sites for hydroxylation is 2. The lowest BCUT2D eigenvalue weighted by atomic mass is 9.98. The van der Waals surface area contributed by atoms with Crippen molar-refractivity contribution in [2.75, 3.05) is 7.11 Å². The monoisotopic (exact) mass is 314 g/mol. The first kappa shape index (κ1) is 14.4. The lowest BCUT2D eigenvalue weighted by Crippen LogP contribution is -2.06. The van der Waals surface area contributed by atoms with Crippen molar-refractivity contribution in [2.45, 2.75) is 13.8 Å². The van der Waals surface area contributed by atoms with Crippen LogP contribution in [0.5, 0.6) is 5.75 Å². The van der Waals surface area contributed by atoms with Crippen molar-refractivity contribution in [1.82, 2.24) is 0 Å². The van der Waals surface area contributed by atoms with Crippen LogP contribution in [0.1, 0.15) is 27.0 Å². The number of thiophene rings is 1. The Balaban J connectivity index is 2.59. The number of ketones is 1. The Morgan fingerprint density at radius 3 is 2.42 bits per heavy atom. The fraction of sp³-hybridized carbons (Fsp3) is 0.214.